The second-order valence-electron chi connectivity index (χ2n) is 5.61. The Balaban J connectivity index is 3.38. The molecule has 0 saturated heterocycles. The normalized spacial score (nSPS) is 14.6. The Morgan fingerprint density at radius 2 is 1.87 bits per heavy atom. The molecule has 0 aromatic rings. The molecule has 0 heterocycles. The van der Waals surface area contributed by atoms with Gasteiger partial charge in [0, 0.05) is 17.8 Å². The lowest BCUT2D eigenvalue weighted by Crippen LogP contribution is -2.39. The monoisotopic (exact) mass is 232 g/mol. The summed E-state index contributed by atoms with van der Waals surface area (Å²) in [6.07, 6.45) is 0. The zero-order valence-electron chi connectivity index (χ0n) is 11.3. The minimum atomic E-state index is 0.253. The standard InChI is InChI=1S/C12H28N2S/c1-11(9-13-12(2,3)4)10-15-8-7-14(5)6/h11,13H,7-10H2,1-6H3. The summed E-state index contributed by atoms with van der Waals surface area (Å²) in [5.74, 6) is 3.26. The molecule has 1 unspecified atom stereocenters. The van der Waals surface area contributed by atoms with Crippen LogP contribution in [0.4, 0.5) is 0 Å². The summed E-state index contributed by atoms with van der Waals surface area (Å²) in [5, 5.41) is 3.55. The molecule has 1 atom stereocenters. The maximum absolute atomic E-state index is 3.55. The van der Waals surface area contributed by atoms with E-state index in [0.29, 0.717) is 0 Å². The molecule has 0 aliphatic heterocycles. The molecule has 0 aromatic heterocycles. The lowest BCUT2D eigenvalue weighted by Gasteiger charge is -2.23. The number of nitrogens with zero attached hydrogens (tertiary/aromatic N) is 1. The van der Waals surface area contributed by atoms with Crippen molar-refractivity contribution < 1.29 is 0 Å². The Morgan fingerprint density at radius 1 is 1.27 bits per heavy atom. The third-order valence-corrected chi connectivity index (χ3v) is 3.34. The van der Waals surface area contributed by atoms with Crippen LogP contribution in [0.25, 0.3) is 0 Å². The summed E-state index contributed by atoms with van der Waals surface area (Å²) in [7, 11) is 4.26. The maximum Gasteiger partial charge on any atom is 0.00966 e. The first-order valence-corrected chi connectivity index (χ1v) is 6.94. The first-order chi connectivity index (χ1) is 6.81. The van der Waals surface area contributed by atoms with E-state index < -0.39 is 0 Å². The summed E-state index contributed by atoms with van der Waals surface area (Å²) in [5.41, 5.74) is 0.253. The van der Waals surface area contributed by atoms with Gasteiger partial charge in [-0.3, -0.25) is 0 Å². The zero-order chi connectivity index (χ0) is 11.9. The van der Waals surface area contributed by atoms with E-state index in [1.807, 2.05) is 0 Å². The molecule has 0 saturated carbocycles. The molecule has 0 aromatic carbocycles. The molecular weight excluding hydrogens is 204 g/mol. The smallest absolute Gasteiger partial charge is 0.00966 e. The van der Waals surface area contributed by atoms with Gasteiger partial charge in [-0.15, -0.1) is 0 Å². The first-order valence-electron chi connectivity index (χ1n) is 5.79. The predicted molar refractivity (Wildman–Crippen MR) is 72.8 cm³/mol. The molecule has 0 fully saturated rings. The van der Waals surface area contributed by atoms with Crippen molar-refractivity contribution in [1.29, 1.82) is 0 Å². The fourth-order valence-corrected chi connectivity index (χ4v) is 2.25. The molecule has 0 aliphatic carbocycles. The quantitative estimate of drug-likeness (QED) is 0.678. The van der Waals surface area contributed by atoms with Crippen molar-refractivity contribution in [3.05, 3.63) is 0 Å². The number of thioether (sulfide) groups is 1. The number of nitrogens with one attached hydrogen (secondary N) is 1. The van der Waals surface area contributed by atoms with Crippen LogP contribution in [0.1, 0.15) is 27.7 Å². The summed E-state index contributed by atoms with van der Waals surface area (Å²) >= 11 is 2.06. The van der Waals surface area contributed by atoms with Crippen LogP contribution in [0.2, 0.25) is 0 Å². The molecule has 15 heavy (non-hydrogen) atoms. The molecule has 0 aliphatic rings. The molecular formula is C12H28N2S. The molecule has 0 amide bonds. The van der Waals surface area contributed by atoms with Gasteiger partial charge in [0.1, 0.15) is 0 Å². The SMILES string of the molecule is CC(CNC(C)(C)C)CSCCN(C)C. The zero-order valence-corrected chi connectivity index (χ0v) is 12.1. The van der Waals surface area contributed by atoms with Gasteiger partial charge >= 0.3 is 0 Å². The summed E-state index contributed by atoms with van der Waals surface area (Å²) in [4.78, 5) is 2.24. The van der Waals surface area contributed by atoms with Crippen molar-refractivity contribution in [2.24, 2.45) is 5.92 Å². The highest BCUT2D eigenvalue weighted by Gasteiger charge is 2.10. The van der Waals surface area contributed by atoms with Crippen LogP contribution < -0.4 is 5.32 Å². The molecule has 0 spiro atoms. The van der Waals surface area contributed by atoms with Crippen LogP contribution in [0.5, 0.6) is 0 Å². The van der Waals surface area contributed by atoms with Crippen LogP contribution in [0.15, 0.2) is 0 Å². The lowest BCUT2D eigenvalue weighted by atomic mass is 10.1. The Bertz CT molecular complexity index is 152. The van der Waals surface area contributed by atoms with Gasteiger partial charge in [-0.25, -0.2) is 0 Å². The van der Waals surface area contributed by atoms with Gasteiger partial charge in [-0.1, -0.05) is 6.92 Å². The molecule has 2 nitrogen and oxygen atoms in total. The van der Waals surface area contributed by atoms with Crippen molar-refractivity contribution >= 4 is 11.8 Å². The predicted octanol–water partition coefficient (Wildman–Crippen LogP) is 2.31. The Labute approximate surface area is 100 Å². The first kappa shape index (κ1) is 15.3. The largest absolute Gasteiger partial charge is 0.312 e. The highest BCUT2D eigenvalue weighted by atomic mass is 32.2. The summed E-state index contributed by atoms with van der Waals surface area (Å²) < 4.78 is 0. The number of hydrogen-bond acceptors (Lipinski definition) is 3. The van der Waals surface area contributed by atoms with E-state index in [9.17, 15) is 0 Å². The maximum atomic E-state index is 3.55. The van der Waals surface area contributed by atoms with Gasteiger partial charge in [0.25, 0.3) is 0 Å². The van der Waals surface area contributed by atoms with E-state index in [-0.39, 0.29) is 5.54 Å². The van der Waals surface area contributed by atoms with Crippen LogP contribution in [0.3, 0.4) is 0 Å². The van der Waals surface area contributed by atoms with Crippen molar-refractivity contribution in [3.63, 3.8) is 0 Å². The van der Waals surface area contributed by atoms with Crippen LogP contribution in [0, 0.1) is 5.92 Å². The van der Waals surface area contributed by atoms with Crippen LogP contribution in [-0.2, 0) is 0 Å². The van der Waals surface area contributed by atoms with E-state index >= 15 is 0 Å². The van der Waals surface area contributed by atoms with Crippen molar-refractivity contribution in [3.8, 4) is 0 Å². The van der Waals surface area contributed by atoms with Gasteiger partial charge < -0.3 is 10.2 Å². The van der Waals surface area contributed by atoms with Gasteiger partial charge in [0.2, 0.25) is 0 Å². The Kier molecular flexibility index (Phi) is 7.66. The van der Waals surface area contributed by atoms with Gasteiger partial charge in [-0.2, -0.15) is 11.8 Å². The minimum absolute atomic E-state index is 0.253. The molecule has 0 radical (unpaired) electrons. The summed E-state index contributed by atoms with van der Waals surface area (Å²) in [6, 6.07) is 0. The fraction of sp³-hybridized carbons (Fsp3) is 1.00. The van der Waals surface area contributed by atoms with Gasteiger partial charge in [-0.05, 0) is 53.1 Å². The third-order valence-electron chi connectivity index (χ3n) is 2.07. The number of hydrogen-bond donors (Lipinski definition) is 1. The average molecular weight is 232 g/mol. The second kappa shape index (κ2) is 7.53. The van der Waals surface area contributed by atoms with Gasteiger partial charge in [0.05, 0.1) is 0 Å². The minimum Gasteiger partial charge on any atom is -0.312 e. The van der Waals surface area contributed by atoms with E-state index in [4.69, 9.17) is 0 Å². The molecule has 92 valence electrons. The van der Waals surface area contributed by atoms with E-state index in [0.717, 1.165) is 12.5 Å². The van der Waals surface area contributed by atoms with E-state index in [1.165, 1.54) is 18.1 Å². The van der Waals surface area contributed by atoms with Crippen molar-refractivity contribution in [2.75, 3.05) is 38.7 Å². The van der Waals surface area contributed by atoms with Crippen LogP contribution >= 0.6 is 11.8 Å². The molecule has 0 bridgehead atoms. The van der Waals surface area contributed by atoms with Gasteiger partial charge in [0.15, 0.2) is 0 Å². The second-order valence-corrected chi connectivity index (χ2v) is 6.76. The van der Waals surface area contributed by atoms with Crippen molar-refractivity contribution in [2.45, 2.75) is 33.2 Å². The third kappa shape index (κ3) is 12.2. The van der Waals surface area contributed by atoms with Crippen LogP contribution in [-0.4, -0.2) is 49.1 Å². The average Bonchev–Trinajstić information content (AvgIpc) is 2.07. The van der Waals surface area contributed by atoms with Crippen molar-refractivity contribution in [1.82, 2.24) is 10.2 Å². The highest BCUT2D eigenvalue weighted by molar-refractivity contribution is 7.99. The van der Waals surface area contributed by atoms with E-state index in [1.54, 1.807) is 0 Å². The lowest BCUT2D eigenvalue weighted by molar-refractivity contribution is 0.395. The Morgan fingerprint density at radius 3 is 2.33 bits per heavy atom. The molecule has 0 rings (SSSR count). The Hall–Kier alpha value is 0.270. The van der Waals surface area contributed by atoms with E-state index in [2.05, 4.69) is 63.8 Å². The molecule has 3 heteroatoms. The topological polar surface area (TPSA) is 15.3 Å². The fourth-order valence-electron chi connectivity index (χ4n) is 1.07. The highest BCUT2D eigenvalue weighted by Crippen LogP contribution is 2.09. The number of rotatable bonds is 7. The molecule has 1 N–H and O–H groups in total. The summed E-state index contributed by atoms with van der Waals surface area (Å²) in [6.45, 7) is 11.3.